The van der Waals surface area contributed by atoms with Gasteiger partial charge in [0, 0.05) is 28.5 Å². The normalized spacial score (nSPS) is 10.5. The first kappa shape index (κ1) is 11.7. The van der Waals surface area contributed by atoms with E-state index in [1.807, 2.05) is 0 Å². The zero-order valence-corrected chi connectivity index (χ0v) is 9.62. The molecule has 0 bridgehead atoms. The van der Waals surface area contributed by atoms with Crippen LogP contribution >= 0.6 is 11.6 Å². The third-order valence-electron chi connectivity index (χ3n) is 2.41. The number of benzene rings is 1. The van der Waals surface area contributed by atoms with Crippen LogP contribution in [0.5, 0.6) is 0 Å². The summed E-state index contributed by atoms with van der Waals surface area (Å²) in [4.78, 5) is 11.6. The third kappa shape index (κ3) is 2.47. The van der Waals surface area contributed by atoms with E-state index in [4.69, 9.17) is 17.3 Å². The van der Waals surface area contributed by atoms with Crippen molar-refractivity contribution in [3.63, 3.8) is 0 Å². The first-order valence-corrected chi connectivity index (χ1v) is 5.34. The zero-order valence-electron chi connectivity index (χ0n) is 8.86. The lowest BCUT2D eigenvalue weighted by molar-refractivity contribution is 0.596. The molecule has 2 N–H and O–H groups in total. The molecule has 0 unspecified atom stereocenters. The molecule has 0 atom stereocenters. The molecule has 5 heteroatoms. The van der Waals surface area contributed by atoms with Crippen molar-refractivity contribution in [3.05, 3.63) is 63.3 Å². The smallest absolute Gasteiger partial charge is 0.252 e. The number of pyridine rings is 1. The lowest BCUT2D eigenvalue weighted by Gasteiger charge is -2.08. The zero-order chi connectivity index (χ0) is 12.4. The lowest BCUT2D eigenvalue weighted by Crippen LogP contribution is -2.20. The van der Waals surface area contributed by atoms with Gasteiger partial charge in [0.1, 0.15) is 5.82 Å². The van der Waals surface area contributed by atoms with Crippen LogP contribution < -0.4 is 11.3 Å². The largest absolute Gasteiger partial charge is 0.399 e. The van der Waals surface area contributed by atoms with Gasteiger partial charge in [-0.05, 0) is 18.2 Å². The molecule has 0 saturated carbocycles. The van der Waals surface area contributed by atoms with Crippen molar-refractivity contribution in [1.29, 1.82) is 0 Å². The van der Waals surface area contributed by atoms with E-state index in [1.165, 1.54) is 29.0 Å². The van der Waals surface area contributed by atoms with Crippen molar-refractivity contribution in [2.45, 2.75) is 6.54 Å². The van der Waals surface area contributed by atoms with Crippen molar-refractivity contribution in [3.8, 4) is 0 Å². The van der Waals surface area contributed by atoms with Gasteiger partial charge in [0.15, 0.2) is 0 Å². The van der Waals surface area contributed by atoms with Crippen LogP contribution in [0.25, 0.3) is 0 Å². The second kappa shape index (κ2) is 4.59. The quantitative estimate of drug-likeness (QED) is 0.891. The molecule has 88 valence electrons. The predicted molar refractivity (Wildman–Crippen MR) is 65.6 cm³/mol. The number of nitrogens with zero attached hydrogens (tertiary/aromatic N) is 1. The SMILES string of the molecule is Nc1ccn(Cc2c(F)cccc2Cl)c(=O)c1. The molecule has 2 rings (SSSR count). The Balaban J connectivity index is 2.42. The number of nitrogen functional groups attached to an aromatic ring is 1. The minimum absolute atomic E-state index is 0.0879. The molecular weight excluding hydrogens is 243 g/mol. The fourth-order valence-electron chi connectivity index (χ4n) is 1.51. The maximum absolute atomic E-state index is 13.5. The van der Waals surface area contributed by atoms with E-state index in [0.29, 0.717) is 16.3 Å². The Bertz CT molecular complexity index is 589. The Morgan fingerprint density at radius 3 is 2.76 bits per heavy atom. The van der Waals surface area contributed by atoms with Crippen LogP contribution in [0.4, 0.5) is 10.1 Å². The molecule has 0 aliphatic carbocycles. The van der Waals surface area contributed by atoms with Crippen molar-refractivity contribution in [2.75, 3.05) is 5.73 Å². The highest BCUT2D eigenvalue weighted by atomic mass is 35.5. The van der Waals surface area contributed by atoms with E-state index in [0.717, 1.165) is 0 Å². The van der Waals surface area contributed by atoms with Crippen LogP contribution in [0.2, 0.25) is 5.02 Å². The minimum atomic E-state index is -0.429. The molecular formula is C12H10ClFN2O. The van der Waals surface area contributed by atoms with Crippen LogP contribution in [0, 0.1) is 5.82 Å². The van der Waals surface area contributed by atoms with Crippen LogP contribution in [-0.4, -0.2) is 4.57 Å². The number of hydrogen-bond acceptors (Lipinski definition) is 2. The summed E-state index contributed by atoms with van der Waals surface area (Å²) in [6, 6.07) is 7.28. The fourth-order valence-corrected chi connectivity index (χ4v) is 1.73. The van der Waals surface area contributed by atoms with E-state index in [-0.39, 0.29) is 12.1 Å². The average Bonchev–Trinajstić information content (AvgIpc) is 2.26. The molecule has 1 aromatic heterocycles. The van der Waals surface area contributed by atoms with Crippen LogP contribution in [0.15, 0.2) is 41.3 Å². The van der Waals surface area contributed by atoms with E-state index in [2.05, 4.69) is 0 Å². The Morgan fingerprint density at radius 2 is 2.12 bits per heavy atom. The second-order valence-electron chi connectivity index (χ2n) is 3.63. The fraction of sp³-hybridized carbons (Fsp3) is 0.0833. The van der Waals surface area contributed by atoms with Crippen LogP contribution in [0.1, 0.15) is 5.56 Å². The molecule has 0 aliphatic rings. The van der Waals surface area contributed by atoms with E-state index < -0.39 is 5.82 Å². The number of halogens is 2. The Hall–Kier alpha value is -1.81. The van der Waals surface area contributed by atoms with Crippen molar-refractivity contribution >= 4 is 17.3 Å². The Morgan fingerprint density at radius 1 is 1.35 bits per heavy atom. The highest BCUT2D eigenvalue weighted by Crippen LogP contribution is 2.19. The predicted octanol–water partition coefficient (Wildman–Crippen LogP) is 2.27. The number of nitrogens with two attached hydrogens (primary N) is 1. The molecule has 1 heterocycles. The first-order valence-electron chi connectivity index (χ1n) is 4.97. The van der Waals surface area contributed by atoms with Gasteiger partial charge in [-0.25, -0.2) is 4.39 Å². The highest BCUT2D eigenvalue weighted by Gasteiger charge is 2.08. The average molecular weight is 253 g/mol. The lowest BCUT2D eigenvalue weighted by atomic mass is 10.2. The van der Waals surface area contributed by atoms with Crippen molar-refractivity contribution < 1.29 is 4.39 Å². The monoisotopic (exact) mass is 252 g/mol. The number of anilines is 1. The Kier molecular flexibility index (Phi) is 3.15. The van der Waals surface area contributed by atoms with Crippen LogP contribution in [-0.2, 0) is 6.54 Å². The van der Waals surface area contributed by atoms with Crippen molar-refractivity contribution in [1.82, 2.24) is 4.57 Å². The van der Waals surface area contributed by atoms with E-state index in [9.17, 15) is 9.18 Å². The summed E-state index contributed by atoms with van der Waals surface area (Å²) in [5.41, 5.74) is 5.85. The summed E-state index contributed by atoms with van der Waals surface area (Å²) >= 11 is 5.88. The molecule has 1 aromatic carbocycles. The van der Waals surface area contributed by atoms with Gasteiger partial charge in [-0.15, -0.1) is 0 Å². The molecule has 0 radical (unpaired) electrons. The molecule has 0 spiro atoms. The summed E-state index contributed by atoms with van der Waals surface area (Å²) < 4.78 is 14.9. The van der Waals surface area contributed by atoms with Crippen molar-refractivity contribution in [2.24, 2.45) is 0 Å². The molecule has 0 saturated heterocycles. The summed E-state index contributed by atoms with van der Waals surface area (Å²) in [6.45, 7) is 0.0879. The topological polar surface area (TPSA) is 48.0 Å². The van der Waals surface area contributed by atoms with Gasteiger partial charge in [0.25, 0.3) is 5.56 Å². The van der Waals surface area contributed by atoms with E-state index in [1.54, 1.807) is 12.1 Å². The standard InChI is InChI=1S/C12H10ClFN2O/c13-10-2-1-3-11(14)9(10)7-16-5-4-8(15)6-12(16)17/h1-6H,7,15H2. The van der Waals surface area contributed by atoms with E-state index >= 15 is 0 Å². The van der Waals surface area contributed by atoms with Gasteiger partial charge in [-0.1, -0.05) is 17.7 Å². The van der Waals surface area contributed by atoms with Gasteiger partial charge >= 0.3 is 0 Å². The molecule has 2 aromatic rings. The number of aromatic nitrogens is 1. The van der Waals surface area contributed by atoms with Gasteiger partial charge < -0.3 is 10.3 Å². The summed E-state index contributed by atoms with van der Waals surface area (Å²) in [7, 11) is 0. The maximum atomic E-state index is 13.5. The third-order valence-corrected chi connectivity index (χ3v) is 2.76. The number of rotatable bonds is 2. The number of hydrogen-bond donors (Lipinski definition) is 1. The maximum Gasteiger partial charge on any atom is 0.252 e. The second-order valence-corrected chi connectivity index (χ2v) is 4.03. The molecule has 17 heavy (non-hydrogen) atoms. The molecule has 0 fully saturated rings. The van der Waals surface area contributed by atoms with Gasteiger partial charge in [-0.3, -0.25) is 4.79 Å². The van der Waals surface area contributed by atoms with Gasteiger partial charge in [0.05, 0.1) is 6.54 Å². The highest BCUT2D eigenvalue weighted by molar-refractivity contribution is 6.31. The molecule has 0 amide bonds. The van der Waals surface area contributed by atoms with Gasteiger partial charge in [0.2, 0.25) is 0 Å². The minimum Gasteiger partial charge on any atom is -0.399 e. The summed E-state index contributed by atoms with van der Waals surface area (Å²) in [6.07, 6.45) is 1.51. The summed E-state index contributed by atoms with van der Waals surface area (Å²) in [5, 5.41) is 0.300. The molecule has 0 aliphatic heterocycles. The van der Waals surface area contributed by atoms with Crippen LogP contribution in [0.3, 0.4) is 0 Å². The Labute approximate surface area is 102 Å². The molecule has 3 nitrogen and oxygen atoms in total. The summed E-state index contributed by atoms with van der Waals surface area (Å²) in [5.74, 6) is -0.429. The van der Waals surface area contributed by atoms with Gasteiger partial charge in [-0.2, -0.15) is 0 Å². The first-order chi connectivity index (χ1) is 8.08.